The lowest BCUT2D eigenvalue weighted by atomic mass is 10.1. The van der Waals surface area contributed by atoms with Crippen LogP contribution in [0.3, 0.4) is 0 Å². The number of anilines is 1. The van der Waals surface area contributed by atoms with Gasteiger partial charge in [0.1, 0.15) is 5.82 Å². The first-order valence-electron chi connectivity index (χ1n) is 6.93. The Bertz CT molecular complexity index is 577. The molecule has 20 heavy (non-hydrogen) atoms. The van der Waals surface area contributed by atoms with E-state index in [1.165, 1.54) is 0 Å². The summed E-state index contributed by atoms with van der Waals surface area (Å²) in [5.74, 6) is 1.75. The third-order valence-corrected chi connectivity index (χ3v) is 3.67. The van der Waals surface area contributed by atoms with Crippen LogP contribution >= 0.6 is 0 Å². The van der Waals surface area contributed by atoms with Crippen molar-refractivity contribution in [1.82, 2.24) is 19.6 Å². The monoisotopic (exact) mass is 277 g/mol. The van der Waals surface area contributed by atoms with Gasteiger partial charge in [-0.3, -0.25) is 4.40 Å². The molecule has 108 valence electrons. The third kappa shape index (κ3) is 2.46. The first kappa shape index (κ1) is 13.3. The van der Waals surface area contributed by atoms with Crippen LogP contribution in [0, 0.1) is 6.92 Å². The number of piperidine rings is 1. The zero-order valence-corrected chi connectivity index (χ0v) is 11.6. The minimum atomic E-state index is 0.0834. The first-order chi connectivity index (χ1) is 9.79. The lowest BCUT2D eigenvalue weighted by molar-refractivity contribution is 0.0158. The van der Waals surface area contributed by atoms with E-state index in [4.69, 9.17) is 9.84 Å². The van der Waals surface area contributed by atoms with Gasteiger partial charge in [0.2, 0.25) is 5.65 Å². The quantitative estimate of drug-likeness (QED) is 0.872. The molecule has 2 aromatic heterocycles. The Balaban J connectivity index is 1.73. The number of nitrogens with zero attached hydrogens (tertiary/aromatic N) is 5. The summed E-state index contributed by atoms with van der Waals surface area (Å²) in [6, 6.07) is 0. The molecule has 2 aromatic rings. The molecule has 1 saturated heterocycles. The third-order valence-electron chi connectivity index (χ3n) is 3.67. The van der Waals surface area contributed by atoms with E-state index in [1.807, 2.05) is 17.5 Å². The van der Waals surface area contributed by atoms with Gasteiger partial charge in [-0.1, -0.05) is 0 Å². The summed E-state index contributed by atoms with van der Waals surface area (Å²) in [6.07, 6.45) is 5.78. The standard InChI is InChI=1S/C13H19N5O2/c1-10-15-16-13-12(14-4-7-18(10)13)17-5-2-11(3-6-17)20-9-8-19/h4,7,11,19H,2-3,5-6,8-9H2,1H3. The van der Waals surface area contributed by atoms with Crippen molar-refractivity contribution in [3.63, 3.8) is 0 Å². The summed E-state index contributed by atoms with van der Waals surface area (Å²) in [4.78, 5) is 6.68. The highest BCUT2D eigenvalue weighted by atomic mass is 16.5. The van der Waals surface area contributed by atoms with Crippen molar-refractivity contribution in [2.45, 2.75) is 25.9 Å². The maximum absolute atomic E-state index is 8.78. The average Bonchev–Trinajstić information content (AvgIpc) is 2.87. The minimum Gasteiger partial charge on any atom is -0.394 e. The van der Waals surface area contributed by atoms with Crippen molar-refractivity contribution in [3.8, 4) is 0 Å². The number of aromatic nitrogens is 4. The Morgan fingerprint density at radius 3 is 2.90 bits per heavy atom. The van der Waals surface area contributed by atoms with E-state index in [0.29, 0.717) is 6.61 Å². The van der Waals surface area contributed by atoms with Crippen LogP contribution in [0.2, 0.25) is 0 Å². The number of fused-ring (bicyclic) bond motifs is 1. The maximum atomic E-state index is 8.78. The summed E-state index contributed by atoms with van der Waals surface area (Å²) >= 11 is 0. The van der Waals surface area contributed by atoms with Gasteiger partial charge in [-0.2, -0.15) is 0 Å². The fourth-order valence-electron chi connectivity index (χ4n) is 2.61. The van der Waals surface area contributed by atoms with Crippen molar-refractivity contribution in [3.05, 3.63) is 18.2 Å². The fraction of sp³-hybridized carbons (Fsp3) is 0.615. The SMILES string of the molecule is Cc1nnc2c(N3CCC(OCCO)CC3)nccn12. The van der Waals surface area contributed by atoms with Crippen LogP contribution < -0.4 is 4.90 Å². The molecule has 0 radical (unpaired) electrons. The van der Waals surface area contributed by atoms with Gasteiger partial charge in [-0.15, -0.1) is 10.2 Å². The van der Waals surface area contributed by atoms with Gasteiger partial charge < -0.3 is 14.7 Å². The van der Waals surface area contributed by atoms with Gasteiger partial charge in [0.25, 0.3) is 0 Å². The molecule has 1 aliphatic rings. The zero-order valence-electron chi connectivity index (χ0n) is 11.6. The van der Waals surface area contributed by atoms with E-state index in [-0.39, 0.29) is 12.7 Å². The zero-order chi connectivity index (χ0) is 13.9. The Morgan fingerprint density at radius 2 is 2.15 bits per heavy atom. The molecule has 3 heterocycles. The molecule has 1 N–H and O–H groups in total. The molecule has 0 aliphatic carbocycles. The smallest absolute Gasteiger partial charge is 0.203 e. The highest BCUT2D eigenvalue weighted by Gasteiger charge is 2.22. The van der Waals surface area contributed by atoms with Crippen molar-refractivity contribution >= 4 is 11.5 Å². The van der Waals surface area contributed by atoms with Crippen LogP contribution in [-0.4, -0.2) is 57.1 Å². The summed E-state index contributed by atoms with van der Waals surface area (Å²) in [6.45, 7) is 4.20. The molecular formula is C13H19N5O2. The first-order valence-corrected chi connectivity index (χ1v) is 6.93. The molecule has 0 spiro atoms. The molecule has 7 heteroatoms. The number of aliphatic hydroxyl groups excluding tert-OH is 1. The van der Waals surface area contributed by atoms with Crippen LogP contribution in [-0.2, 0) is 4.74 Å². The summed E-state index contributed by atoms with van der Waals surface area (Å²) in [5.41, 5.74) is 0.805. The van der Waals surface area contributed by atoms with E-state index >= 15 is 0 Å². The molecule has 0 saturated carbocycles. The molecule has 1 fully saturated rings. The van der Waals surface area contributed by atoms with Gasteiger partial charge >= 0.3 is 0 Å². The Labute approximate surface area is 117 Å². The van der Waals surface area contributed by atoms with Crippen LogP contribution in [0.1, 0.15) is 18.7 Å². The predicted molar refractivity (Wildman–Crippen MR) is 73.8 cm³/mol. The number of aliphatic hydroxyl groups is 1. The van der Waals surface area contributed by atoms with E-state index in [9.17, 15) is 0 Å². The fourth-order valence-corrected chi connectivity index (χ4v) is 2.61. The Morgan fingerprint density at radius 1 is 1.35 bits per heavy atom. The Kier molecular flexibility index (Phi) is 3.79. The average molecular weight is 277 g/mol. The van der Waals surface area contributed by atoms with Gasteiger partial charge in [0.05, 0.1) is 19.3 Å². The van der Waals surface area contributed by atoms with Gasteiger partial charge in [0.15, 0.2) is 5.82 Å². The normalized spacial score (nSPS) is 17.0. The van der Waals surface area contributed by atoms with Crippen LogP contribution in [0.15, 0.2) is 12.4 Å². The van der Waals surface area contributed by atoms with Crippen LogP contribution in [0.25, 0.3) is 5.65 Å². The Hall–Kier alpha value is -1.73. The number of aryl methyl sites for hydroxylation is 1. The van der Waals surface area contributed by atoms with E-state index in [1.54, 1.807) is 6.20 Å². The van der Waals surface area contributed by atoms with Crippen molar-refractivity contribution < 1.29 is 9.84 Å². The number of hydrogen-bond donors (Lipinski definition) is 1. The summed E-state index contributed by atoms with van der Waals surface area (Å²) < 4.78 is 7.53. The highest BCUT2D eigenvalue weighted by Crippen LogP contribution is 2.22. The van der Waals surface area contributed by atoms with Crippen molar-refractivity contribution in [2.24, 2.45) is 0 Å². The van der Waals surface area contributed by atoms with Crippen LogP contribution in [0.5, 0.6) is 0 Å². The molecule has 0 aromatic carbocycles. The molecule has 0 amide bonds. The molecule has 7 nitrogen and oxygen atoms in total. The topological polar surface area (TPSA) is 75.8 Å². The molecule has 3 rings (SSSR count). The molecule has 0 unspecified atom stereocenters. The van der Waals surface area contributed by atoms with E-state index in [0.717, 1.165) is 43.2 Å². The lowest BCUT2D eigenvalue weighted by Crippen LogP contribution is -2.38. The maximum Gasteiger partial charge on any atom is 0.203 e. The molecule has 0 atom stereocenters. The van der Waals surface area contributed by atoms with Gasteiger partial charge in [0, 0.05) is 25.5 Å². The largest absolute Gasteiger partial charge is 0.394 e. The molecular weight excluding hydrogens is 258 g/mol. The van der Waals surface area contributed by atoms with Gasteiger partial charge in [-0.05, 0) is 19.8 Å². The lowest BCUT2D eigenvalue weighted by Gasteiger charge is -2.32. The van der Waals surface area contributed by atoms with Gasteiger partial charge in [-0.25, -0.2) is 4.98 Å². The second kappa shape index (κ2) is 5.72. The minimum absolute atomic E-state index is 0.0834. The summed E-state index contributed by atoms with van der Waals surface area (Å²) in [5, 5.41) is 17.1. The number of rotatable bonds is 4. The van der Waals surface area contributed by atoms with E-state index in [2.05, 4.69) is 20.1 Å². The number of hydrogen-bond acceptors (Lipinski definition) is 6. The highest BCUT2D eigenvalue weighted by molar-refractivity contribution is 5.63. The van der Waals surface area contributed by atoms with Crippen molar-refractivity contribution in [2.75, 3.05) is 31.2 Å². The number of ether oxygens (including phenoxy) is 1. The van der Waals surface area contributed by atoms with Crippen molar-refractivity contribution in [1.29, 1.82) is 0 Å². The second-order valence-corrected chi connectivity index (χ2v) is 4.97. The van der Waals surface area contributed by atoms with Crippen LogP contribution in [0.4, 0.5) is 5.82 Å². The molecule has 0 bridgehead atoms. The predicted octanol–water partition coefficient (Wildman–Crippen LogP) is 0.410. The summed E-state index contributed by atoms with van der Waals surface area (Å²) in [7, 11) is 0. The molecule has 1 aliphatic heterocycles. The second-order valence-electron chi connectivity index (χ2n) is 4.97. The van der Waals surface area contributed by atoms with E-state index < -0.39 is 0 Å².